The molecule has 3 heteroatoms. The Morgan fingerprint density at radius 2 is 2.00 bits per heavy atom. The van der Waals surface area contributed by atoms with Gasteiger partial charge in [0, 0.05) is 11.8 Å². The van der Waals surface area contributed by atoms with Crippen molar-refractivity contribution in [3.8, 4) is 0 Å². The van der Waals surface area contributed by atoms with Crippen LogP contribution in [0.2, 0.25) is 0 Å². The predicted molar refractivity (Wildman–Crippen MR) is 44.2 cm³/mol. The maximum atomic E-state index is 6.90. The van der Waals surface area contributed by atoms with Crippen LogP contribution in [0.1, 0.15) is 25.7 Å². The van der Waals surface area contributed by atoms with E-state index in [-0.39, 0.29) is 0 Å². The third-order valence-electron chi connectivity index (χ3n) is 1.08. The molecule has 0 aliphatic heterocycles. The van der Waals surface area contributed by atoms with Crippen molar-refractivity contribution in [2.45, 2.75) is 25.7 Å². The molecule has 0 fully saturated rings. The van der Waals surface area contributed by atoms with E-state index in [1.165, 1.54) is 12.8 Å². The van der Waals surface area contributed by atoms with Crippen LogP contribution in [0, 0.1) is 5.41 Å². The van der Waals surface area contributed by atoms with Gasteiger partial charge in [0.2, 0.25) is 0 Å². The molecule has 0 radical (unpaired) electrons. The lowest BCUT2D eigenvalue weighted by molar-refractivity contribution is 0.746. The zero-order chi connectivity index (χ0) is 7.11. The molecule has 54 valence electrons. The standard InChI is InChI=1S/C6H13BrN2/c7-5-3-1-2-4-6(8)9/h1-5H2,(H3,8,9). The van der Waals surface area contributed by atoms with Crippen LogP contribution in [0.3, 0.4) is 0 Å². The lowest BCUT2D eigenvalue weighted by Crippen LogP contribution is -2.08. The van der Waals surface area contributed by atoms with Crippen molar-refractivity contribution in [1.29, 1.82) is 5.41 Å². The lowest BCUT2D eigenvalue weighted by Gasteiger charge is -1.95. The van der Waals surface area contributed by atoms with Crippen molar-refractivity contribution >= 4 is 21.8 Å². The topological polar surface area (TPSA) is 49.9 Å². The molecule has 3 N–H and O–H groups in total. The summed E-state index contributed by atoms with van der Waals surface area (Å²) in [7, 11) is 0. The summed E-state index contributed by atoms with van der Waals surface area (Å²) >= 11 is 3.33. The quantitative estimate of drug-likeness (QED) is 0.298. The van der Waals surface area contributed by atoms with E-state index < -0.39 is 0 Å². The van der Waals surface area contributed by atoms with Crippen LogP contribution < -0.4 is 5.73 Å². The monoisotopic (exact) mass is 192 g/mol. The molecule has 0 aromatic heterocycles. The van der Waals surface area contributed by atoms with E-state index in [1.807, 2.05) is 0 Å². The average molecular weight is 193 g/mol. The first kappa shape index (κ1) is 8.95. The van der Waals surface area contributed by atoms with Gasteiger partial charge >= 0.3 is 0 Å². The number of rotatable bonds is 5. The Balaban J connectivity index is 2.83. The van der Waals surface area contributed by atoms with E-state index in [0.717, 1.165) is 18.2 Å². The molecule has 0 heterocycles. The Kier molecular flexibility index (Phi) is 6.04. The number of hydrogen-bond acceptors (Lipinski definition) is 1. The number of hydrogen-bond donors (Lipinski definition) is 2. The average Bonchev–Trinajstić information content (AvgIpc) is 1.80. The molecule has 9 heavy (non-hydrogen) atoms. The Morgan fingerprint density at radius 3 is 2.44 bits per heavy atom. The lowest BCUT2D eigenvalue weighted by atomic mass is 10.2. The number of nitrogens with two attached hydrogens (primary N) is 1. The van der Waals surface area contributed by atoms with Crippen molar-refractivity contribution < 1.29 is 0 Å². The summed E-state index contributed by atoms with van der Waals surface area (Å²) in [5, 5.41) is 7.96. The van der Waals surface area contributed by atoms with Gasteiger partial charge in [-0.1, -0.05) is 22.4 Å². The zero-order valence-corrected chi connectivity index (χ0v) is 7.08. The summed E-state index contributed by atoms with van der Waals surface area (Å²) < 4.78 is 0. The third kappa shape index (κ3) is 7.95. The molecule has 0 unspecified atom stereocenters. The fraction of sp³-hybridized carbons (Fsp3) is 0.833. The van der Waals surface area contributed by atoms with Gasteiger partial charge in [-0.05, 0) is 12.8 Å². The molecule has 2 nitrogen and oxygen atoms in total. The molecular formula is C6H13BrN2. The first-order valence-corrected chi connectivity index (χ1v) is 4.28. The number of halogens is 1. The van der Waals surface area contributed by atoms with Gasteiger partial charge < -0.3 is 5.73 Å². The molecule has 0 bridgehead atoms. The highest BCUT2D eigenvalue weighted by Gasteiger charge is 1.89. The van der Waals surface area contributed by atoms with E-state index in [4.69, 9.17) is 11.1 Å². The number of nitrogens with one attached hydrogen (secondary N) is 1. The van der Waals surface area contributed by atoms with Gasteiger partial charge in [-0.2, -0.15) is 0 Å². The molecule has 0 amide bonds. The summed E-state index contributed by atoms with van der Waals surface area (Å²) in [4.78, 5) is 0. The second-order valence-corrected chi connectivity index (χ2v) is 2.82. The number of unbranched alkanes of at least 4 members (excludes halogenated alkanes) is 2. The summed E-state index contributed by atoms with van der Waals surface area (Å²) in [6.45, 7) is 0. The summed E-state index contributed by atoms with van der Waals surface area (Å²) in [6.07, 6.45) is 4.17. The van der Waals surface area contributed by atoms with Crippen molar-refractivity contribution in [1.82, 2.24) is 0 Å². The smallest absolute Gasteiger partial charge is 0.0905 e. The highest BCUT2D eigenvalue weighted by molar-refractivity contribution is 9.09. The van der Waals surface area contributed by atoms with Crippen LogP contribution in [0.15, 0.2) is 0 Å². The van der Waals surface area contributed by atoms with Gasteiger partial charge in [-0.15, -0.1) is 0 Å². The summed E-state index contributed by atoms with van der Waals surface area (Å²) in [5.74, 6) is 0.310. The third-order valence-corrected chi connectivity index (χ3v) is 1.64. The second-order valence-electron chi connectivity index (χ2n) is 2.02. The molecule has 0 saturated heterocycles. The normalized spacial score (nSPS) is 9.44. The molecule has 0 spiro atoms. The molecule has 0 aromatic rings. The fourth-order valence-corrected chi connectivity index (χ4v) is 0.983. The van der Waals surface area contributed by atoms with E-state index in [1.54, 1.807) is 0 Å². The van der Waals surface area contributed by atoms with E-state index >= 15 is 0 Å². The van der Waals surface area contributed by atoms with Crippen molar-refractivity contribution in [2.24, 2.45) is 5.73 Å². The van der Waals surface area contributed by atoms with Gasteiger partial charge in [0.05, 0.1) is 5.84 Å². The van der Waals surface area contributed by atoms with Crippen molar-refractivity contribution in [3.63, 3.8) is 0 Å². The first-order valence-electron chi connectivity index (χ1n) is 3.16. The van der Waals surface area contributed by atoms with Crippen LogP contribution in [-0.4, -0.2) is 11.2 Å². The Hall–Kier alpha value is -0.0500. The highest BCUT2D eigenvalue weighted by atomic mass is 79.9. The van der Waals surface area contributed by atoms with Crippen LogP contribution in [0.25, 0.3) is 0 Å². The minimum Gasteiger partial charge on any atom is -0.388 e. The molecule has 0 atom stereocenters. The number of alkyl halides is 1. The zero-order valence-electron chi connectivity index (χ0n) is 5.49. The number of amidine groups is 1. The molecule has 0 aliphatic rings. The molecule has 0 saturated carbocycles. The maximum Gasteiger partial charge on any atom is 0.0905 e. The maximum absolute atomic E-state index is 6.90. The minimum absolute atomic E-state index is 0.310. The fourth-order valence-electron chi connectivity index (χ4n) is 0.587. The predicted octanol–water partition coefficient (Wildman–Crippen LogP) is 1.88. The van der Waals surface area contributed by atoms with Crippen LogP contribution in [-0.2, 0) is 0 Å². The highest BCUT2D eigenvalue weighted by Crippen LogP contribution is 2.00. The van der Waals surface area contributed by atoms with Crippen LogP contribution >= 0.6 is 15.9 Å². The van der Waals surface area contributed by atoms with Crippen LogP contribution in [0.4, 0.5) is 0 Å². The van der Waals surface area contributed by atoms with Gasteiger partial charge in [0.25, 0.3) is 0 Å². The largest absolute Gasteiger partial charge is 0.388 e. The van der Waals surface area contributed by atoms with Gasteiger partial charge in [0.15, 0.2) is 0 Å². The molecule has 0 aliphatic carbocycles. The second kappa shape index (κ2) is 6.08. The van der Waals surface area contributed by atoms with E-state index in [9.17, 15) is 0 Å². The Bertz CT molecular complexity index is 83.1. The van der Waals surface area contributed by atoms with Gasteiger partial charge in [0.1, 0.15) is 0 Å². The van der Waals surface area contributed by atoms with Crippen molar-refractivity contribution in [3.05, 3.63) is 0 Å². The summed E-state index contributed by atoms with van der Waals surface area (Å²) in [5.41, 5.74) is 5.15. The minimum atomic E-state index is 0.310. The summed E-state index contributed by atoms with van der Waals surface area (Å²) in [6, 6.07) is 0. The molecule has 0 rings (SSSR count). The van der Waals surface area contributed by atoms with Gasteiger partial charge in [-0.25, -0.2) is 0 Å². The molecule has 0 aromatic carbocycles. The van der Waals surface area contributed by atoms with Crippen LogP contribution in [0.5, 0.6) is 0 Å². The Morgan fingerprint density at radius 1 is 1.33 bits per heavy atom. The van der Waals surface area contributed by atoms with E-state index in [0.29, 0.717) is 5.84 Å². The molecular weight excluding hydrogens is 180 g/mol. The van der Waals surface area contributed by atoms with Gasteiger partial charge in [-0.3, -0.25) is 5.41 Å². The Labute approximate surface area is 64.5 Å². The van der Waals surface area contributed by atoms with Crippen molar-refractivity contribution in [2.75, 3.05) is 5.33 Å². The van der Waals surface area contributed by atoms with E-state index in [2.05, 4.69) is 15.9 Å². The first-order chi connectivity index (χ1) is 4.27. The SMILES string of the molecule is N=C(N)CCCCCBr.